The number of sulfone groups is 1. The maximum absolute atomic E-state index is 12.5. The molecule has 5 nitrogen and oxygen atoms in total. The molecular weight excluding hydrogens is 395 g/mol. The largest absolute Gasteiger partial charge is 0.419 e. The van der Waals surface area contributed by atoms with Gasteiger partial charge in [-0.1, -0.05) is 32.6 Å². The van der Waals surface area contributed by atoms with Gasteiger partial charge in [0, 0.05) is 17.2 Å². The van der Waals surface area contributed by atoms with Crippen LogP contribution in [0.4, 0.5) is 13.2 Å². The molecule has 0 heterocycles. The molecular formula is C19H24F3NO4S. The van der Waals surface area contributed by atoms with Crippen LogP contribution in [0, 0.1) is 23.2 Å². The molecule has 0 saturated carbocycles. The van der Waals surface area contributed by atoms with E-state index in [9.17, 15) is 31.2 Å². The molecule has 0 aromatic heterocycles. The van der Waals surface area contributed by atoms with Gasteiger partial charge in [0.2, 0.25) is 0 Å². The molecule has 0 aromatic carbocycles. The van der Waals surface area contributed by atoms with Crippen molar-refractivity contribution in [1.29, 1.82) is 5.26 Å². The van der Waals surface area contributed by atoms with Crippen LogP contribution in [0.2, 0.25) is 0 Å². The number of nitrogens with zero attached hydrogens (tertiary/aromatic N) is 1. The highest BCUT2D eigenvalue weighted by Gasteiger charge is 2.38. The Kier molecular flexibility index (Phi) is 9.55. The quantitative estimate of drug-likeness (QED) is 0.393. The minimum atomic E-state index is -4.83. The van der Waals surface area contributed by atoms with Crippen LogP contribution in [0.3, 0.4) is 0 Å². The number of carbonyl (C=O) groups is 2. The topological polar surface area (TPSA) is 92.1 Å². The average molecular weight is 419 g/mol. The Bertz CT molecular complexity index is 815. The molecule has 0 N–H and O–H groups in total. The molecule has 0 saturated heterocycles. The second kappa shape index (κ2) is 10.4. The monoisotopic (exact) mass is 419 g/mol. The van der Waals surface area contributed by atoms with E-state index in [1.165, 1.54) is 33.8 Å². The first-order chi connectivity index (χ1) is 12.6. The highest BCUT2D eigenvalue weighted by Crippen LogP contribution is 2.28. The lowest BCUT2D eigenvalue weighted by atomic mass is 9.92. The number of rotatable bonds is 10. The number of halogens is 3. The van der Waals surface area contributed by atoms with Crippen molar-refractivity contribution in [3.63, 3.8) is 0 Å². The third kappa shape index (κ3) is 7.80. The second-order valence-corrected chi connectivity index (χ2v) is 9.11. The predicted octanol–water partition coefficient (Wildman–Crippen LogP) is 4.08. The third-order valence-corrected chi connectivity index (χ3v) is 5.91. The average Bonchev–Trinajstić information content (AvgIpc) is 2.59. The fraction of sp³-hybridized carbons (Fsp3) is 0.526. The van der Waals surface area contributed by atoms with Crippen molar-refractivity contribution in [3.8, 4) is 6.07 Å². The molecule has 0 spiro atoms. The van der Waals surface area contributed by atoms with Gasteiger partial charge in [0.05, 0.1) is 16.4 Å². The first-order valence-corrected chi connectivity index (χ1v) is 10.1. The van der Waals surface area contributed by atoms with Crippen LogP contribution in [0.1, 0.15) is 40.5 Å². The fourth-order valence-corrected chi connectivity index (χ4v) is 2.66. The molecule has 9 heteroatoms. The number of Topliss-reactive ketones (excluding diaryl/α,β-unsaturated/α-hetero) is 2. The number of hydrogen-bond acceptors (Lipinski definition) is 5. The van der Waals surface area contributed by atoms with Gasteiger partial charge in [-0.3, -0.25) is 9.59 Å². The van der Waals surface area contributed by atoms with Crippen molar-refractivity contribution in [1.82, 2.24) is 0 Å². The molecule has 156 valence electrons. The number of allylic oxidation sites excluding steroid dienone is 4. The molecule has 0 aliphatic heterocycles. The Balaban J connectivity index is 5.09. The lowest BCUT2D eigenvalue weighted by molar-refractivity contribution is -0.131. The summed E-state index contributed by atoms with van der Waals surface area (Å²) in [5, 5.41) is 9.54. The molecule has 0 amide bonds. The Morgan fingerprint density at radius 2 is 1.57 bits per heavy atom. The van der Waals surface area contributed by atoms with Crippen LogP contribution in [0.15, 0.2) is 35.3 Å². The molecule has 0 aliphatic rings. The lowest BCUT2D eigenvalue weighted by Gasteiger charge is -2.13. The molecule has 2 unspecified atom stereocenters. The minimum absolute atomic E-state index is 0.0726. The van der Waals surface area contributed by atoms with Gasteiger partial charge in [-0.25, -0.2) is 8.42 Å². The van der Waals surface area contributed by atoms with Crippen LogP contribution in [-0.4, -0.2) is 31.4 Å². The molecule has 0 rings (SSSR count). The Morgan fingerprint density at radius 3 is 2.00 bits per heavy atom. The van der Waals surface area contributed by atoms with Crippen LogP contribution in [0.25, 0.3) is 0 Å². The highest BCUT2D eigenvalue weighted by molar-refractivity contribution is 7.94. The standard InChI is InChI=1S/C19H24F3NO4S/c1-12(2)28(26,27)10-6-7-13(3)18(25)16(11-23)9-8-14(4)17(24)15(5)19(20,21)22/h6,9-10,12-14H,5,7-8H2,1-4H3/b10-6-,16-9?. The summed E-state index contributed by atoms with van der Waals surface area (Å²) < 4.78 is 60.9. The third-order valence-electron chi connectivity index (χ3n) is 4.03. The summed E-state index contributed by atoms with van der Waals surface area (Å²) in [5.41, 5.74) is -1.77. The van der Waals surface area contributed by atoms with Gasteiger partial charge in [-0.15, -0.1) is 0 Å². The van der Waals surface area contributed by atoms with Crippen molar-refractivity contribution >= 4 is 21.4 Å². The molecule has 2 atom stereocenters. The zero-order chi connectivity index (χ0) is 22.3. The Hall–Kier alpha value is -2.21. The van der Waals surface area contributed by atoms with E-state index in [4.69, 9.17) is 5.26 Å². The van der Waals surface area contributed by atoms with Crippen molar-refractivity contribution in [3.05, 3.63) is 35.3 Å². The van der Waals surface area contributed by atoms with Crippen LogP contribution in [-0.2, 0) is 19.4 Å². The number of hydrogen-bond donors (Lipinski definition) is 0. The summed E-state index contributed by atoms with van der Waals surface area (Å²) in [6.07, 6.45) is -2.54. The summed E-state index contributed by atoms with van der Waals surface area (Å²) in [5.74, 6) is -3.59. The van der Waals surface area contributed by atoms with Gasteiger partial charge in [0.25, 0.3) is 0 Å². The van der Waals surface area contributed by atoms with E-state index in [0.29, 0.717) is 0 Å². The van der Waals surface area contributed by atoms with E-state index in [1.54, 1.807) is 6.07 Å². The SMILES string of the molecule is C=C(C(=O)C(C)CC=C(C#N)C(=O)C(C)C/C=C\S(=O)(=O)C(C)C)C(F)(F)F. The number of alkyl halides is 3. The summed E-state index contributed by atoms with van der Waals surface area (Å²) in [7, 11) is -3.41. The van der Waals surface area contributed by atoms with E-state index in [2.05, 4.69) is 6.58 Å². The smallest absolute Gasteiger partial charge is 0.294 e. The second-order valence-electron chi connectivity index (χ2n) is 6.72. The summed E-state index contributed by atoms with van der Waals surface area (Å²) in [4.78, 5) is 24.0. The van der Waals surface area contributed by atoms with Gasteiger partial charge >= 0.3 is 6.18 Å². The van der Waals surface area contributed by atoms with E-state index >= 15 is 0 Å². The van der Waals surface area contributed by atoms with Crippen molar-refractivity contribution < 1.29 is 31.2 Å². The Labute approximate surface area is 163 Å². The molecule has 0 radical (unpaired) electrons. The van der Waals surface area contributed by atoms with Crippen molar-refractivity contribution in [2.24, 2.45) is 11.8 Å². The fourth-order valence-electron chi connectivity index (χ4n) is 1.96. The molecule has 0 fully saturated rings. The van der Waals surface area contributed by atoms with Crippen LogP contribution >= 0.6 is 0 Å². The summed E-state index contributed by atoms with van der Waals surface area (Å²) in [6, 6.07) is 1.67. The normalized spacial score (nSPS) is 15.3. The van der Waals surface area contributed by atoms with Crippen molar-refractivity contribution in [2.45, 2.75) is 52.0 Å². The number of ketones is 2. The van der Waals surface area contributed by atoms with Gasteiger partial charge < -0.3 is 0 Å². The van der Waals surface area contributed by atoms with E-state index in [-0.39, 0.29) is 18.4 Å². The van der Waals surface area contributed by atoms with Gasteiger partial charge in [0.1, 0.15) is 6.07 Å². The first kappa shape index (κ1) is 25.8. The Morgan fingerprint density at radius 1 is 1.07 bits per heavy atom. The van der Waals surface area contributed by atoms with E-state index in [0.717, 1.165) is 11.5 Å². The minimum Gasteiger partial charge on any atom is -0.294 e. The predicted molar refractivity (Wildman–Crippen MR) is 99.7 cm³/mol. The van der Waals surface area contributed by atoms with Gasteiger partial charge in [-0.05, 0) is 26.7 Å². The zero-order valence-corrected chi connectivity index (χ0v) is 17.0. The molecule has 28 heavy (non-hydrogen) atoms. The molecule has 0 aliphatic carbocycles. The number of carbonyl (C=O) groups excluding carboxylic acids is 2. The number of nitriles is 1. The van der Waals surface area contributed by atoms with Gasteiger partial charge in [-0.2, -0.15) is 18.4 Å². The molecule has 0 aromatic rings. The van der Waals surface area contributed by atoms with Gasteiger partial charge in [0.15, 0.2) is 21.4 Å². The van der Waals surface area contributed by atoms with Crippen LogP contribution in [0.5, 0.6) is 0 Å². The van der Waals surface area contributed by atoms with E-state index < -0.39 is 50.2 Å². The maximum Gasteiger partial charge on any atom is 0.419 e. The summed E-state index contributed by atoms with van der Waals surface area (Å²) >= 11 is 0. The first-order valence-electron chi connectivity index (χ1n) is 8.50. The van der Waals surface area contributed by atoms with E-state index in [1.807, 2.05) is 0 Å². The summed E-state index contributed by atoms with van der Waals surface area (Å²) in [6.45, 7) is 8.52. The molecule has 0 bridgehead atoms. The lowest BCUT2D eigenvalue weighted by Crippen LogP contribution is -2.24. The maximum atomic E-state index is 12.5. The van der Waals surface area contributed by atoms with Crippen LogP contribution < -0.4 is 0 Å². The zero-order valence-electron chi connectivity index (χ0n) is 16.2. The highest BCUT2D eigenvalue weighted by atomic mass is 32.2. The van der Waals surface area contributed by atoms with Crippen molar-refractivity contribution in [2.75, 3.05) is 0 Å².